The highest BCUT2D eigenvalue weighted by Crippen LogP contribution is 2.77. The molecule has 0 bridgehead atoms. The van der Waals surface area contributed by atoms with Crippen molar-refractivity contribution >= 4 is 7.60 Å². The number of hydrogen-bond donors (Lipinski definition) is 4. The molecule has 1 saturated heterocycles. The van der Waals surface area contributed by atoms with Crippen LogP contribution in [0, 0.1) is 46.3 Å². The molecular weight excluding hydrogens is 695 g/mol. The number of hydrogen-bond acceptors (Lipinski definition) is 5. The van der Waals surface area contributed by atoms with Crippen LogP contribution in [0.4, 0.5) is 0 Å². The second-order valence-electron chi connectivity index (χ2n) is 20.5. The maximum Gasteiger partial charge on any atom is 0.332 e. The number of aliphatic hydroxyl groups is 2. The Bertz CT molecular complexity index is 1190. The molecule has 54 heavy (non-hydrogen) atoms. The zero-order valence-electron chi connectivity index (χ0n) is 35.7. The Morgan fingerprint density at radius 3 is 2.02 bits per heavy atom. The van der Waals surface area contributed by atoms with Gasteiger partial charge >= 0.3 is 7.60 Å². The van der Waals surface area contributed by atoms with Crippen molar-refractivity contribution in [1.29, 1.82) is 0 Å². The van der Waals surface area contributed by atoms with E-state index in [2.05, 4.69) is 41.5 Å². The summed E-state index contributed by atoms with van der Waals surface area (Å²) in [7, 11) is -4.56. The molecule has 0 aromatic carbocycles. The van der Waals surface area contributed by atoms with Crippen LogP contribution in [0.3, 0.4) is 0 Å². The maximum atomic E-state index is 14.2. The summed E-state index contributed by atoms with van der Waals surface area (Å²) in [5, 5.41) is 19.4. The molecule has 1 aliphatic heterocycles. The fourth-order valence-electron chi connectivity index (χ4n) is 14.2. The van der Waals surface area contributed by atoms with E-state index in [9.17, 15) is 24.6 Å². The Balaban J connectivity index is 1.27. The summed E-state index contributed by atoms with van der Waals surface area (Å²) in [6.07, 6.45) is 26.5. The van der Waals surface area contributed by atoms with E-state index < -0.39 is 42.3 Å². The smallest absolute Gasteiger partial charge is 0.332 e. The summed E-state index contributed by atoms with van der Waals surface area (Å²) in [5.74, 6) is 3.34. The van der Waals surface area contributed by atoms with Gasteiger partial charge in [0, 0.05) is 6.42 Å². The molecule has 5 fully saturated rings. The SMILES string of the molecule is CCCCCCCCCCCCCCC(C)CC1(OC2C[C@H](O)[C@@H](CO)O2)CC[C@]2(C)C3CC[C@@]4(C)C(CC[C@@H]4[C@H](C)CCC)C3CCC2(P(=O)(O)O)C1. The van der Waals surface area contributed by atoms with Gasteiger partial charge in [-0.05, 0) is 111 Å². The van der Waals surface area contributed by atoms with Crippen molar-refractivity contribution in [2.75, 3.05) is 6.61 Å². The van der Waals surface area contributed by atoms with E-state index in [1.165, 1.54) is 109 Å². The van der Waals surface area contributed by atoms with Crippen LogP contribution in [0.25, 0.3) is 0 Å². The number of aliphatic hydroxyl groups excluding tert-OH is 2. The van der Waals surface area contributed by atoms with Crippen molar-refractivity contribution in [3.8, 4) is 0 Å². The second kappa shape index (κ2) is 19.4. The van der Waals surface area contributed by atoms with E-state index in [1.807, 2.05) is 0 Å². The molecule has 4 aliphatic carbocycles. The molecule has 4 N–H and O–H groups in total. The molecule has 5 rings (SSSR count). The average molecular weight is 781 g/mol. The normalized spacial score (nSPS) is 40.6. The van der Waals surface area contributed by atoms with Crippen molar-refractivity contribution in [3.63, 3.8) is 0 Å². The standard InChI is InChI=1S/C46H85O7P/c1-7-9-10-11-12-13-14-15-16-17-18-19-21-34(3)31-45(53-42-30-40(48)41(32-47)52-42)29-28-44(6)39-25-26-43(5)37(35(4)20-8-2)22-23-38(43)36(39)24-27-46(44,33-45)54(49,50)51/h34-42,47-48H,7-33H2,1-6H3,(H2,49,50,51)/t34?,35-,36?,37-,38?,39?,40+,41-,42?,43-,44-,45?,46?/m1/s1. The van der Waals surface area contributed by atoms with Crippen LogP contribution >= 0.6 is 7.60 Å². The van der Waals surface area contributed by atoms with Gasteiger partial charge in [0.25, 0.3) is 0 Å². The molecule has 5 aliphatic rings. The van der Waals surface area contributed by atoms with E-state index in [1.54, 1.807) is 0 Å². The molecule has 8 heteroatoms. The van der Waals surface area contributed by atoms with Crippen LogP contribution in [0.2, 0.25) is 0 Å². The molecule has 0 radical (unpaired) electrons. The third kappa shape index (κ3) is 9.55. The van der Waals surface area contributed by atoms with Crippen LogP contribution in [-0.4, -0.2) is 55.9 Å². The van der Waals surface area contributed by atoms with Crippen molar-refractivity contribution in [1.82, 2.24) is 0 Å². The highest BCUT2D eigenvalue weighted by molar-refractivity contribution is 7.53. The van der Waals surface area contributed by atoms with Crippen LogP contribution in [0.15, 0.2) is 0 Å². The lowest BCUT2D eigenvalue weighted by Gasteiger charge is -2.67. The first kappa shape index (κ1) is 45.1. The van der Waals surface area contributed by atoms with Crippen molar-refractivity contribution in [2.24, 2.45) is 46.3 Å². The van der Waals surface area contributed by atoms with Crippen LogP contribution in [-0.2, 0) is 14.0 Å². The predicted octanol–water partition coefficient (Wildman–Crippen LogP) is 11.7. The largest absolute Gasteiger partial charge is 0.394 e. The number of fused-ring (bicyclic) bond motifs is 5. The van der Waals surface area contributed by atoms with Gasteiger partial charge in [-0.25, -0.2) is 0 Å². The van der Waals surface area contributed by atoms with Gasteiger partial charge in [-0.1, -0.05) is 138 Å². The Hall–Kier alpha value is -0.0100. The number of rotatable bonds is 22. The van der Waals surface area contributed by atoms with Crippen LogP contribution in [0.5, 0.6) is 0 Å². The third-order valence-corrected chi connectivity index (χ3v) is 19.0. The summed E-state index contributed by atoms with van der Waals surface area (Å²) in [5.41, 5.74) is -0.863. The molecule has 0 aromatic heterocycles. The van der Waals surface area contributed by atoms with Gasteiger partial charge in [0.2, 0.25) is 0 Å². The van der Waals surface area contributed by atoms with Crippen molar-refractivity contribution < 1.29 is 34.0 Å². The highest BCUT2D eigenvalue weighted by atomic mass is 31.2. The minimum absolute atomic E-state index is 0.269. The molecule has 7 unspecified atom stereocenters. The number of unbranched alkanes of at least 4 members (excludes halogenated alkanes) is 11. The van der Waals surface area contributed by atoms with Gasteiger partial charge < -0.3 is 29.5 Å². The molecule has 316 valence electrons. The van der Waals surface area contributed by atoms with E-state index in [0.717, 1.165) is 50.4 Å². The lowest BCUT2D eigenvalue weighted by Crippen LogP contribution is -2.65. The van der Waals surface area contributed by atoms with Crippen LogP contribution < -0.4 is 0 Å². The topological polar surface area (TPSA) is 116 Å². The van der Waals surface area contributed by atoms with E-state index >= 15 is 0 Å². The molecule has 1 heterocycles. The van der Waals surface area contributed by atoms with Gasteiger partial charge in [0.05, 0.1) is 23.5 Å². The third-order valence-electron chi connectivity index (χ3n) is 17.0. The lowest BCUT2D eigenvalue weighted by atomic mass is 9.43. The first-order valence-corrected chi connectivity index (χ1v) is 25.0. The van der Waals surface area contributed by atoms with Gasteiger partial charge in [0.15, 0.2) is 6.29 Å². The summed E-state index contributed by atoms with van der Waals surface area (Å²) in [6.45, 7) is 14.0. The fraction of sp³-hybridized carbons (Fsp3) is 1.00. The Labute approximate surface area is 331 Å². The predicted molar refractivity (Wildman–Crippen MR) is 220 cm³/mol. The Kier molecular flexibility index (Phi) is 16.2. The first-order valence-electron chi connectivity index (χ1n) is 23.4. The molecule has 13 atom stereocenters. The monoisotopic (exact) mass is 781 g/mol. The number of ether oxygens (including phenoxy) is 2. The minimum atomic E-state index is -4.56. The second-order valence-corrected chi connectivity index (χ2v) is 22.4. The van der Waals surface area contributed by atoms with E-state index in [0.29, 0.717) is 41.9 Å². The fourth-order valence-corrected chi connectivity index (χ4v) is 16.0. The van der Waals surface area contributed by atoms with Crippen molar-refractivity contribution in [2.45, 2.75) is 238 Å². The Morgan fingerprint density at radius 1 is 0.778 bits per heavy atom. The zero-order chi connectivity index (χ0) is 39.2. The Morgan fingerprint density at radius 2 is 1.43 bits per heavy atom. The summed E-state index contributed by atoms with van der Waals surface area (Å²) >= 11 is 0. The summed E-state index contributed by atoms with van der Waals surface area (Å²) < 4.78 is 27.3. The highest BCUT2D eigenvalue weighted by Gasteiger charge is 2.72. The summed E-state index contributed by atoms with van der Waals surface area (Å²) in [6, 6.07) is 0. The molecule has 7 nitrogen and oxygen atoms in total. The van der Waals surface area contributed by atoms with Gasteiger partial charge in [-0.2, -0.15) is 0 Å². The quantitative estimate of drug-likeness (QED) is 0.0638. The lowest BCUT2D eigenvalue weighted by molar-refractivity contribution is -0.242. The van der Waals surface area contributed by atoms with Crippen molar-refractivity contribution in [3.05, 3.63) is 0 Å². The molecule has 0 spiro atoms. The zero-order valence-corrected chi connectivity index (χ0v) is 36.6. The molecule has 0 amide bonds. The maximum absolute atomic E-state index is 14.2. The molecule has 0 aromatic rings. The average Bonchev–Trinajstić information content (AvgIpc) is 3.66. The minimum Gasteiger partial charge on any atom is -0.394 e. The van der Waals surface area contributed by atoms with Crippen LogP contribution in [0.1, 0.15) is 208 Å². The van der Waals surface area contributed by atoms with Gasteiger partial charge in [-0.15, -0.1) is 0 Å². The van der Waals surface area contributed by atoms with Gasteiger partial charge in [-0.3, -0.25) is 4.57 Å². The molecular formula is C46H85O7P. The van der Waals surface area contributed by atoms with E-state index in [4.69, 9.17) is 9.47 Å². The molecule has 4 saturated carbocycles. The first-order chi connectivity index (χ1) is 25.7. The van der Waals surface area contributed by atoms with Gasteiger partial charge in [0.1, 0.15) is 6.10 Å². The summed E-state index contributed by atoms with van der Waals surface area (Å²) in [4.78, 5) is 23.2. The van der Waals surface area contributed by atoms with E-state index in [-0.39, 0.29) is 13.0 Å².